The van der Waals surface area contributed by atoms with Gasteiger partial charge in [-0.2, -0.15) is 0 Å². The molecule has 0 spiro atoms. The molecule has 84 valence electrons. The van der Waals surface area contributed by atoms with Crippen molar-refractivity contribution in [2.24, 2.45) is 0 Å². The first kappa shape index (κ1) is 12.5. The molecule has 0 saturated heterocycles. The van der Waals surface area contributed by atoms with Crippen LogP contribution in [0, 0.1) is 0 Å². The maximum absolute atomic E-state index is 5.81. The zero-order valence-electron chi connectivity index (χ0n) is 9.39. The minimum absolute atomic E-state index is 0.487. The van der Waals surface area contributed by atoms with Gasteiger partial charge in [-0.15, -0.1) is 0 Å². The quantitative estimate of drug-likeness (QED) is 0.779. The van der Waals surface area contributed by atoms with Crippen molar-refractivity contribution in [1.29, 1.82) is 0 Å². The molecule has 0 saturated carbocycles. The summed E-state index contributed by atoms with van der Waals surface area (Å²) in [6.07, 6.45) is 0. The van der Waals surface area contributed by atoms with Crippen molar-refractivity contribution in [3.05, 3.63) is 34.9 Å². The molecule has 1 aromatic carbocycles. The van der Waals surface area contributed by atoms with Gasteiger partial charge in [0.15, 0.2) is 0 Å². The minimum atomic E-state index is 0.487. The molecule has 0 heterocycles. The van der Waals surface area contributed by atoms with Crippen molar-refractivity contribution in [3.8, 4) is 0 Å². The van der Waals surface area contributed by atoms with Gasteiger partial charge in [-0.05, 0) is 31.2 Å². The first-order chi connectivity index (χ1) is 7.22. The Labute approximate surface area is 97.0 Å². The summed E-state index contributed by atoms with van der Waals surface area (Å²) in [5, 5.41) is 7.55. The van der Waals surface area contributed by atoms with Crippen LogP contribution in [0.25, 0.3) is 0 Å². The molecule has 0 bridgehead atoms. The number of rotatable bonds is 6. The van der Waals surface area contributed by atoms with Gasteiger partial charge in [-0.25, -0.2) is 0 Å². The van der Waals surface area contributed by atoms with E-state index in [1.54, 1.807) is 0 Å². The summed E-state index contributed by atoms with van der Waals surface area (Å²) in [6.45, 7) is 7.21. The van der Waals surface area contributed by atoms with E-state index in [-0.39, 0.29) is 0 Å². The van der Waals surface area contributed by atoms with E-state index in [0.717, 1.165) is 24.7 Å². The molecule has 0 aromatic heterocycles. The summed E-state index contributed by atoms with van der Waals surface area (Å²) >= 11 is 5.81. The van der Waals surface area contributed by atoms with Gasteiger partial charge in [0.05, 0.1) is 0 Å². The summed E-state index contributed by atoms with van der Waals surface area (Å²) in [7, 11) is 0. The van der Waals surface area contributed by atoms with Crippen LogP contribution in [-0.2, 0) is 6.54 Å². The van der Waals surface area contributed by atoms with E-state index < -0.39 is 0 Å². The SMILES string of the molecule is CCNCC(C)NCc1ccc(Cl)cc1. The van der Waals surface area contributed by atoms with Crippen LogP contribution in [0.3, 0.4) is 0 Å². The van der Waals surface area contributed by atoms with Crippen LogP contribution in [0.5, 0.6) is 0 Å². The van der Waals surface area contributed by atoms with Gasteiger partial charge in [0, 0.05) is 24.2 Å². The summed E-state index contributed by atoms with van der Waals surface area (Å²) in [5.41, 5.74) is 1.27. The maximum atomic E-state index is 5.81. The van der Waals surface area contributed by atoms with Gasteiger partial charge in [-0.1, -0.05) is 30.7 Å². The Morgan fingerprint density at radius 3 is 2.53 bits per heavy atom. The van der Waals surface area contributed by atoms with Crippen LogP contribution in [0.1, 0.15) is 19.4 Å². The van der Waals surface area contributed by atoms with Gasteiger partial charge in [0.2, 0.25) is 0 Å². The van der Waals surface area contributed by atoms with Crippen LogP contribution in [0.2, 0.25) is 5.02 Å². The first-order valence-corrected chi connectivity index (χ1v) is 5.78. The van der Waals surface area contributed by atoms with Gasteiger partial charge < -0.3 is 10.6 Å². The Hall–Kier alpha value is -0.570. The van der Waals surface area contributed by atoms with Crippen LogP contribution < -0.4 is 10.6 Å². The molecule has 1 rings (SSSR count). The van der Waals surface area contributed by atoms with Crippen molar-refractivity contribution >= 4 is 11.6 Å². The molecule has 1 atom stereocenters. The fourth-order valence-corrected chi connectivity index (χ4v) is 1.45. The second-order valence-corrected chi connectivity index (χ2v) is 4.15. The third kappa shape index (κ3) is 5.17. The van der Waals surface area contributed by atoms with Crippen molar-refractivity contribution in [2.45, 2.75) is 26.4 Å². The van der Waals surface area contributed by atoms with E-state index >= 15 is 0 Å². The van der Waals surface area contributed by atoms with Crippen LogP contribution >= 0.6 is 11.6 Å². The molecule has 0 radical (unpaired) electrons. The number of likely N-dealkylation sites (N-methyl/N-ethyl adjacent to an activating group) is 1. The van der Waals surface area contributed by atoms with E-state index in [1.807, 2.05) is 12.1 Å². The summed E-state index contributed by atoms with van der Waals surface area (Å²) < 4.78 is 0. The number of nitrogens with one attached hydrogen (secondary N) is 2. The predicted octanol–water partition coefficient (Wildman–Crippen LogP) is 2.43. The van der Waals surface area contributed by atoms with E-state index in [2.05, 4.69) is 36.6 Å². The highest BCUT2D eigenvalue weighted by Crippen LogP contribution is 2.09. The molecular formula is C12H19ClN2. The van der Waals surface area contributed by atoms with Crippen LogP contribution in [0.15, 0.2) is 24.3 Å². The predicted molar refractivity (Wildman–Crippen MR) is 66.3 cm³/mol. The fraction of sp³-hybridized carbons (Fsp3) is 0.500. The summed E-state index contributed by atoms with van der Waals surface area (Å²) in [6, 6.07) is 8.44. The van der Waals surface area contributed by atoms with Crippen molar-refractivity contribution in [1.82, 2.24) is 10.6 Å². The van der Waals surface area contributed by atoms with E-state index in [4.69, 9.17) is 11.6 Å². The van der Waals surface area contributed by atoms with E-state index in [1.165, 1.54) is 5.56 Å². The Balaban J connectivity index is 2.27. The molecular weight excluding hydrogens is 208 g/mol. The zero-order valence-corrected chi connectivity index (χ0v) is 10.1. The van der Waals surface area contributed by atoms with E-state index in [9.17, 15) is 0 Å². The summed E-state index contributed by atoms with van der Waals surface area (Å²) in [5.74, 6) is 0. The highest BCUT2D eigenvalue weighted by atomic mass is 35.5. The Kier molecular flexibility index (Phi) is 5.69. The third-order valence-electron chi connectivity index (χ3n) is 2.27. The lowest BCUT2D eigenvalue weighted by Gasteiger charge is -2.13. The van der Waals surface area contributed by atoms with Gasteiger partial charge in [0.25, 0.3) is 0 Å². The molecule has 2 nitrogen and oxygen atoms in total. The molecule has 0 aliphatic rings. The van der Waals surface area contributed by atoms with Crippen molar-refractivity contribution < 1.29 is 0 Å². The Bertz CT molecular complexity index is 271. The minimum Gasteiger partial charge on any atom is -0.315 e. The van der Waals surface area contributed by atoms with Crippen LogP contribution in [-0.4, -0.2) is 19.1 Å². The molecule has 1 aromatic rings. The number of benzene rings is 1. The molecule has 0 aliphatic heterocycles. The first-order valence-electron chi connectivity index (χ1n) is 5.41. The lowest BCUT2D eigenvalue weighted by molar-refractivity contribution is 0.509. The van der Waals surface area contributed by atoms with E-state index in [0.29, 0.717) is 6.04 Å². The lowest BCUT2D eigenvalue weighted by atomic mass is 10.2. The standard InChI is InChI=1S/C12H19ClN2/c1-3-14-8-10(2)15-9-11-4-6-12(13)7-5-11/h4-7,10,14-15H,3,8-9H2,1-2H3. The van der Waals surface area contributed by atoms with Gasteiger partial charge >= 0.3 is 0 Å². The third-order valence-corrected chi connectivity index (χ3v) is 2.52. The molecule has 0 aliphatic carbocycles. The van der Waals surface area contributed by atoms with Gasteiger partial charge in [0.1, 0.15) is 0 Å². The Morgan fingerprint density at radius 2 is 1.93 bits per heavy atom. The topological polar surface area (TPSA) is 24.1 Å². The van der Waals surface area contributed by atoms with Crippen molar-refractivity contribution in [3.63, 3.8) is 0 Å². The number of halogens is 1. The summed E-state index contributed by atoms with van der Waals surface area (Å²) in [4.78, 5) is 0. The lowest BCUT2D eigenvalue weighted by Crippen LogP contribution is -2.35. The molecule has 3 heteroatoms. The molecule has 2 N–H and O–H groups in total. The average molecular weight is 227 g/mol. The maximum Gasteiger partial charge on any atom is 0.0406 e. The Morgan fingerprint density at radius 1 is 1.27 bits per heavy atom. The number of hydrogen-bond donors (Lipinski definition) is 2. The smallest absolute Gasteiger partial charge is 0.0406 e. The second-order valence-electron chi connectivity index (χ2n) is 3.72. The molecule has 0 amide bonds. The van der Waals surface area contributed by atoms with Gasteiger partial charge in [-0.3, -0.25) is 0 Å². The van der Waals surface area contributed by atoms with Crippen LogP contribution in [0.4, 0.5) is 0 Å². The molecule has 0 fully saturated rings. The monoisotopic (exact) mass is 226 g/mol. The highest BCUT2D eigenvalue weighted by molar-refractivity contribution is 6.30. The average Bonchev–Trinajstić information content (AvgIpc) is 2.25. The molecule has 15 heavy (non-hydrogen) atoms. The highest BCUT2D eigenvalue weighted by Gasteiger charge is 1.99. The second kappa shape index (κ2) is 6.83. The molecule has 1 unspecified atom stereocenters. The normalized spacial score (nSPS) is 12.7. The number of hydrogen-bond acceptors (Lipinski definition) is 2. The largest absolute Gasteiger partial charge is 0.315 e. The fourth-order valence-electron chi connectivity index (χ4n) is 1.33. The van der Waals surface area contributed by atoms with Crippen molar-refractivity contribution in [2.75, 3.05) is 13.1 Å². The zero-order chi connectivity index (χ0) is 11.1.